The van der Waals surface area contributed by atoms with Gasteiger partial charge in [0.05, 0.1) is 12.5 Å². The predicted octanol–water partition coefficient (Wildman–Crippen LogP) is 3.02. The Bertz CT molecular complexity index is 665. The zero-order chi connectivity index (χ0) is 23.1. The van der Waals surface area contributed by atoms with Crippen LogP contribution in [-0.4, -0.2) is 60.3 Å². The summed E-state index contributed by atoms with van der Waals surface area (Å²) in [4.78, 5) is 37.2. The standard InChI is InChI=1S/C17H20N2O5.C5H12.CH4O/c20-15-9-13(11-23-15)18-16(21)14-7-4-8-19(14)17(22)24-10-12-5-2-1-3-6-12;1-3-5-4-2;1-2/h1-3,5-6,13-14H,4,7-11H2,(H,18,21);3-5H2,1-2H3;2H,1H3. The summed E-state index contributed by atoms with van der Waals surface area (Å²) in [5.74, 6) is -0.571. The monoisotopic (exact) mass is 436 g/mol. The Balaban J connectivity index is 0.000000605. The van der Waals surface area contributed by atoms with Gasteiger partial charge in [-0.25, -0.2) is 4.79 Å². The lowest BCUT2D eigenvalue weighted by Gasteiger charge is -2.24. The second-order valence-electron chi connectivity index (χ2n) is 7.34. The molecule has 0 aromatic heterocycles. The molecule has 2 heterocycles. The maximum Gasteiger partial charge on any atom is 0.410 e. The maximum atomic E-state index is 12.4. The third kappa shape index (κ3) is 9.38. The van der Waals surface area contributed by atoms with E-state index in [9.17, 15) is 14.4 Å². The quantitative estimate of drug-likeness (QED) is 0.664. The molecule has 0 saturated carbocycles. The van der Waals surface area contributed by atoms with E-state index in [1.54, 1.807) is 0 Å². The van der Waals surface area contributed by atoms with Gasteiger partial charge < -0.3 is 19.9 Å². The van der Waals surface area contributed by atoms with E-state index in [-0.39, 0.29) is 37.6 Å². The Morgan fingerprint density at radius 2 is 1.87 bits per heavy atom. The van der Waals surface area contributed by atoms with Crippen LogP contribution >= 0.6 is 0 Å². The van der Waals surface area contributed by atoms with Crippen molar-refractivity contribution in [1.29, 1.82) is 0 Å². The molecule has 8 heteroatoms. The van der Waals surface area contributed by atoms with Gasteiger partial charge in [0.2, 0.25) is 5.91 Å². The van der Waals surface area contributed by atoms with Gasteiger partial charge in [0.1, 0.15) is 19.3 Å². The van der Waals surface area contributed by atoms with Crippen LogP contribution in [0.1, 0.15) is 57.9 Å². The van der Waals surface area contributed by atoms with Crippen molar-refractivity contribution in [2.75, 3.05) is 20.3 Å². The van der Waals surface area contributed by atoms with Crippen molar-refractivity contribution in [1.82, 2.24) is 10.2 Å². The number of rotatable bonds is 6. The Labute approximate surface area is 184 Å². The molecule has 2 aliphatic heterocycles. The first kappa shape index (κ1) is 26.4. The molecule has 2 saturated heterocycles. The van der Waals surface area contributed by atoms with Crippen LogP contribution in [0.25, 0.3) is 0 Å². The van der Waals surface area contributed by atoms with E-state index in [0.29, 0.717) is 13.0 Å². The molecule has 2 amide bonds. The third-order valence-electron chi connectivity index (χ3n) is 4.91. The SMILES string of the molecule is CCCCC.CO.O=C1CC(NC(=O)C2CCCN2C(=O)OCc2ccccc2)CO1. The smallest absolute Gasteiger partial charge is 0.410 e. The van der Waals surface area contributed by atoms with Crippen LogP contribution < -0.4 is 5.32 Å². The number of benzene rings is 1. The second kappa shape index (κ2) is 15.2. The van der Waals surface area contributed by atoms with Crippen LogP contribution in [0.15, 0.2) is 30.3 Å². The van der Waals surface area contributed by atoms with Gasteiger partial charge in [0.15, 0.2) is 0 Å². The largest absolute Gasteiger partial charge is 0.463 e. The molecule has 0 spiro atoms. The third-order valence-corrected chi connectivity index (χ3v) is 4.91. The molecule has 0 bridgehead atoms. The summed E-state index contributed by atoms with van der Waals surface area (Å²) in [5.41, 5.74) is 0.896. The minimum absolute atomic E-state index is 0.176. The number of carbonyl (C=O) groups is 3. The molecule has 0 radical (unpaired) electrons. The minimum atomic E-state index is -0.552. The number of aliphatic hydroxyl groups is 1. The van der Waals surface area contributed by atoms with Crippen LogP contribution in [0, 0.1) is 0 Å². The fourth-order valence-corrected chi connectivity index (χ4v) is 3.32. The highest BCUT2D eigenvalue weighted by molar-refractivity contribution is 5.87. The zero-order valence-electron chi connectivity index (χ0n) is 18.8. The van der Waals surface area contributed by atoms with E-state index in [2.05, 4.69) is 19.2 Å². The van der Waals surface area contributed by atoms with Crippen LogP contribution in [0.3, 0.4) is 0 Å². The van der Waals surface area contributed by atoms with E-state index < -0.39 is 12.1 Å². The second-order valence-corrected chi connectivity index (χ2v) is 7.34. The van der Waals surface area contributed by atoms with E-state index in [1.165, 1.54) is 24.2 Å². The number of aliphatic hydroxyl groups excluding tert-OH is 1. The number of amides is 2. The topological polar surface area (TPSA) is 105 Å². The molecule has 2 fully saturated rings. The van der Waals surface area contributed by atoms with E-state index in [0.717, 1.165) is 19.1 Å². The summed E-state index contributed by atoms with van der Waals surface area (Å²) in [6.45, 7) is 5.28. The molecule has 2 atom stereocenters. The number of unbranched alkanes of at least 4 members (excludes halogenated alkanes) is 2. The molecule has 31 heavy (non-hydrogen) atoms. The van der Waals surface area contributed by atoms with Gasteiger partial charge in [-0.2, -0.15) is 0 Å². The molecular weight excluding hydrogens is 400 g/mol. The van der Waals surface area contributed by atoms with Gasteiger partial charge in [0.25, 0.3) is 0 Å². The highest BCUT2D eigenvalue weighted by atomic mass is 16.6. The maximum absolute atomic E-state index is 12.4. The molecule has 8 nitrogen and oxygen atoms in total. The normalized spacial score (nSPS) is 19.4. The number of hydrogen-bond acceptors (Lipinski definition) is 6. The number of likely N-dealkylation sites (tertiary alicyclic amines) is 1. The first-order valence-electron chi connectivity index (χ1n) is 10.9. The number of nitrogens with zero attached hydrogens (tertiary/aromatic N) is 1. The lowest BCUT2D eigenvalue weighted by atomic mass is 10.2. The Morgan fingerprint density at radius 1 is 1.19 bits per heavy atom. The van der Waals surface area contributed by atoms with Crippen LogP contribution in [-0.2, 0) is 25.7 Å². The number of carbonyl (C=O) groups excluding carboxylic acids is 3. The summed E-state index contributed by atoms with van der Waals surface area (Å²) in [5, 5.41) is 9.78. The average Bonchev–Trinajstić information content (AvgIpc) is 3.44. The van der Waals surface area contributed by atoms with Crippen LogP contribution in [0.2, 0.25) is 0 Å². The molecule has 174 valence electrons. The molecule has 2 aliphatic rings. The lowest BCUT2D eigenvalue weighted by Crippen LogP contribution is -2.49. The highest BCUT2D eigenvalue weighted by Crippen LogP contribution is 2.20. The fourth-order valence-electron chi connectivity index (χ4n) is 3.32. The van der Waals surface area contributed by atoms with Gasteiger partial charge in [-0.15, -0.1) is 0 Å². The van der Waals surface area contributed by atoms with Crippen LogP contribution in [0.5, 0.6) is 0 Å². The van der Waals surface area contributed by atoms with Crippen molar-refractivity contribution in [2.24, 2.45) is 0 Å². The van der Waals surface area contributed by atoms with Crippen molar-refractivity contribution in [3.05, 3.63) is 35.9 Å². The lowest BCUT2D eigenvalue weighted by molar-refractivity contribution is -0.138. The Kier molecular flexibility index (Phi) is 13.0. The summed E-state index contributed by atoms with van der Waals surface area (Å²) in [7, 11) is 1.00. The minimum Gasteiger partial charge on any atom is -0.463 e. The molecule has 2 unspecified atom stereocenters. The van der Waals surface area contributed by atoms with Gasteiger partial charge in [-0.05, 0) is 18.4 Å². The molecule has 1 aromatic carbocycles. The van der Waals surface area contributed by atoms with Crippen molar-refractivity contribution >= 4 is 18.0 Å². The first-order valence-corrected chi connectivity index (χ1v) is 10.9. The average molecular weight is 437 g/mol. The van der Waals surface area contributed by atoms with E-state index in [1.807, 2.05) is 30.3 Å². The Hall–Kier alpha value is -2.61. The molecule has 3 rings (SSSR count). The number of nitrogens with one attached hydrogen (secondary N) is 1. The molecule has 0 aliphatic carbocycles. The molecule has 1 aromatic rings. The van der Waals surface area contributed by atoms with Gasteiger partial charge >= 0.3 is 12.1 Å². The van der Waals surface area contributed by atoms with Gasteiger partial charge in [-0.1, -0.05) is 63.4 Å². The predicted molar refractivity (Wildman–Crippen MR) is 117 cm³/mol. The summed E-state index contributed by atoms with van der Waals surface area (Å²) >= 11 is 0. The van der Waals surface area contributed by atoms with Crippen molar-refractivity contribution in [2.45, 2.75) is 71.1 Å². The van der Waals surface area contributed by atoms with Crippen molar-refractivity contribution in [3.8, 4) is 0 Å². The molecule has 2 N–H and O–H groups in total. The summed E-state index contributed by atoms with van der Waals surface area (Å²) in [6, 6.07) is 8.53. The van der Waals surface area contributed by atoms with Crippen molar-refractivity contribution in [3.63, 3.8) is 0 Å². The number of cyclic esters (lactones) is 1. The number of ether oxygens (including phenoxy) is 2. The molecular formula is C23H36N2O6. The van der Waals surface area contributed by atoms with Crippen LogP contribution in [0.4, 0.5) is 4.79 Å². The van der Waals surface area contributed by atoms with Gasteiger partial charge in [0, 0.05) is 13.7 Å². The summed E-state index contributed by atoms with van der Waals surface area (Å²) < 4.78 is 10.1. The fraction of sp³-hybridized carbons (Fsp3) is 0.609. The van der Waals surface area contributed by atoms with E-state index in [4.69, 9.17) is 14.6 Å². The zero-order valence-corrected chi connectivity index (χ0v) is 18.8. The number of hydrogen-bond donors (Lipinski definition) is 2. The van der Waals surface area contributed by atoms with E-state index >= 15 is 0 Å². The first-order chi connectivity index (χ1) is 15.0. The highest BCUT2D eigenvalue weighted by Gasteiger charge is 2.37. The van der Waals surface area contributed by atoms with Crippen molar-refractivity contribution < 1.29 is 29.0 Å². The number of esters is 1. The van der Waals surface area contributed by atoms with Gasteiger partial charge in [-0.3, -0.25) is 14.5 Å². The summed E-state index contributed by atoms with van der Waals surface area (Å²) in [6.07, 6.45) is 5.10. The Morgan fingerprint density at radius 3 is 2.42 bits per heavy atom.